The highest BCUT2D eigenvalue weighted by Gasteiger charge is 2.09. The third-order valence-electron chi connectivity index (χ3n) is 3.22. The van der Waals surface area contributed by atoms with Gasteiger partial charge in [0.2, 0.25) is 0 Å². The second-order valence-electron chi connectivity index (χ2n) is 4.94. The first-order valence-electron chi connectivity index (χ1n) is 6.52. The maximum absolute atomic E-state index is 13.1. The summed E-state index contributed by atoms with van der Waals surface area (Å²) >= 11 is 0. The van der Waals surface area contributed by atoms with Gasteiger partial charge in [0.1, 0.15) is 11.3 Å². The van der Waals surface area contributed by atoms with Crippen molar-refractivity contribution >= 4 is 16.8 Å². The van der Waals surface area contributed by atoms with Gasteiger partial charge in [-0.2, -0.15) is 0 Å². The topological polar surface area (TPSA) is 52.0 Å². The molecule has 0 fully saturated rings. The Hall–Kier alpha value is -2.36. The molecule has 102 valence electrons. The van der Waals surface area contributed by atoms with E-state index in [0.717, 1.165) is 16.6 Å². The fourth-order valence-corrected chi connectivity index (χ4v) is 2.30. The molecule has 0 unspecified atom stereocenters. The highest BCUT2D eigenvalue weighted by Crippen LogP contribution is 2.24. The van der Waals surface area contributed by atoms with Crippen LogP contribution in [0, 0.1) is 12.7 Å². The Labute approximate surface area is 116 Å². The van der Waals surface area contributed by atoms with Crippen molar-refractivity contribution in [2.24, 2.45) is 0 Å². The van der Waals surface area contributed by atoms with Gasteiger partial charge < -0.3 is 10.2 Å². The van der Waals surface area contributed by atoms with Gasteiger partial charge in [-0.15, -0.1) is 0 Å². The molecule has 4 heteroatoms. The monoisotopic (exact) mass is 270 g/mol. The Morgan fingerprint density at radius 2 is 2.05 bits per heavy atom. The molecule has 2 N–H and O–H groups in total. The lowest BCUT2D eigenvalue weighted by Gasteiger charge is -1.98. The van der Waals surface area contributed by atoms with Crippen molar-refractivity contribution in [1.29, 1.82) is 0 Å². The molecule has 0 bridgehead atoms. The van der Waals surface area contributed by atoms with Crippen molar-refractivity contribution in [3.8, 4) is 0 Å². The minimum atomic E-state index is -0.222. The van der Waals surface area contributed by atoms with E-state index in [0.29, 0.717) is 30.0 Å². The fraction of sp³-hybridized carbons (Fsp3) is 0.188. The molecule has 20 heavy (non-hydrogen) atoms. The molecule has 0 amide bonds. The molecule has 0 aliphatic carbocycles. The molecular weight excluding hydrogens is 255 g/mol. The third kappa shape index (κ3) is 2.50. The standard InChI is InChI=1S/C16H15FN2O/c1-10-7-13(18)16-14(8-10)19-15(20-16)6-5-11-3-2-4-12(17)9-11/h2-4,7-9H,5-6,18H2,1H3. The van der Waals surface area contributed by atoms with Crippen LogP contribution < -0.4 is 5.73 Å². The number of nitrogen functional groups attached to an aromatic ring is 1. The van der Waals surface area contributed by atoms with Crippen LogP contribution in [-0.4, -0.2) is 4.98 Å². The summed E-state index contributed by atoms with van der Waals surface area (Å²) in [6.07, 6.45) is 1.31. The molecule has 3 rings (SSSR count). The summed E-state index contributed by atoms with van der Waals surface area (Å²) in [5, 5.41) is 0. The van der Waals surface area contributed by atoms with Crippen LogP contribution >= 0.6 is 0 Å². The summed E-state index contributed by atoms with van der Waals surface area (Å²) in [6, 6.07) is 10.4. The number of aryl methyl sites for hydroxylation is 3. The van der Waals surface area contributed by atoms with Crippen LogP contribution in [0.2, 0.25) is 0 Å². The zero-order valence-electron chi connectivity index (χ0n) is 11.2. The number of fused-ring (bicyclic) bond motifs is 1. The Kier molecular flexibility index (Phi) is 3.14. The lowest BCUT2D eigenvalue weighted by molar-refractivity contribution is 0.528. The minimum Gasteiger partial charge on any atom is -0.439 e. The average molecular weight is 270 g/mol. The van der Waals surface area contributed by atoms with Gasteiger partial charge in [-0.05, 0) is 48.7 Å². The van der Waals surface area contributed by atoms with Crippen LogP contribution in [0.3, 0.4) is 0 Å². The van der Waals surface area contributed by atoms with Gasteiger partial charge in [-0.25, -0.2) is 9.37 Å². The number of oxazole rings is 1. The zero-order chi connectivity index (χ0) is 14.1. The Morgan fingerprint density at radius 1 is 1.20 bits per heavy atom. The summed E-state index contributed by atoms with van der Waals surface area (Å²) in [5.74, 6) is 0.404. The van der Waals surface area contributed by atoms with E-state index < -0.39 is 0 Å². The van der Waals surface area contributed by atoms with Crippen LogP contribution in [0.4, 0.5) is 10.1 Å². The quantitative estimate of drug-likeness (QED) is 0.739. The molecule has 0 spiro atoms. The first-order valence-corrected chi connectivity index (χ1v) is 6.52. The number of nitrogens with two attached hydrogens (primary N) is 1. The average Bonchev–Trinajstić information content (AvgIpc) is 2.80. The number of halogens is 1. The molecule has 3 nitrogen and oxygen atoms in total. The molecule has 1 heterocycles. The first kappa shape index (κ1) is 12.7. The molecule has 0 atom stereocenters. The Morgan fingerprint density at radius 3 is 2.85 bits per heavy atom. The molecular formula is C16H15FN2O. The highest BCUT2D eigenvalue weighted by atomic mass is 19.1. The summed E-state index contributed by atoms with van der Waals surface area (Å²) in [5.41, 5.74) is 9.90. The van der Waals surface area contributed by atoms with Crippen LogP contribution in [0.5, 0.6) is 0 Å². The fourth-order valence-electron chi connectivity index (χ4n) is 2.30. The van der Waals surface area contributed by atoms with Crippen LogP contribution in [-0.2, 0) is 12.8 Å². The van der Waals surface area contributed by atoms with E-state index in [2.05, 4.69) is 4.98 Å². The number of hydrogen-bond donors (Lipinski definition) is 1. The number of aromatic nitrogens is 1. The zero-order valence-corrected chi connectivity index (χ0v) is 11.2. The SMILES string of the molecule is Cc1cc(N)c2oc(CCc3cccc(F)c3)nc2c1. The van der Waals surface area contributed by atoms with E-state index in [-0.39, 0.29) is 5.82 Å². The minimum absolute atomic E-state index is 0.222. The second-order valence-corrected chi connectivity index (χ2v) is 4.94. The maximum Gasteiger partial charge on any atom is 0.195 e. The van der Waals surface area contributed by atoms with Gasteiger partial charge >= 0.3 is 0 Å². The van der Waals surface area contributed by atoms with Crippen molar-refractivity contribution in [2.75, 3.05) is 5.73 Å². The van der Waals surface area contributed by atoms with E-state index in [9.17, 15) is 4.39 Å². The molecule has 1 aromatic heterocycles. The molecule has 0 saturated heterocycles. The number of anilines is 1. The van der Waals surface area contributed by atoms with E-state index in [4.69, 9.17) is 10.2 Å². The summed E-state index contributed by atoms with van der Waals surface area (Å²) in [7, 11) is 0. The third-order valence-corrected chi connectivity index (χ3v) is 3.22. The lowest BCUT2D eigenvalue weighted by atomic mass is 10.1. The maximum atomic E-state index is 13.1. The molecule has 0 radical (unpaired) electrons. The van der Waals surface area contributed by atoms with Crippen molar-refractivity contribution in [1.82, 2.24) is 4.98 Å². The molecule has 3 aromatic rings. The smallest absolute Gasteiger partial charge is 0.195 e. The molecule has 0 aliphatic rings. The van der Waals surface area contributed by atoms with Crippen LogP contribution in [0.15, 0.2) is 40.8 Å². The number of nitrogens with zero attached hydrogens (tertiary/aromatic N) is 1. The molecule has 0 aliphatic heterocycles. The van der Waals surface area contributed by atoms with Gasteiger partial charge in [0.15, 0.2) is 11.5 Å². The molecule has 0 saturated carbocycles. The van der Waals surface area contributed by atoms with E-state index >= 15 is 0 Å². The van der Waals surface area contributed by atoms with E-state index in [1.54, 1.807) is 6.07 Å². The predicted octanol–water partition coefficient (Wildman–Crippen LogP) is 3.64. The van der Waals surface area contributed by atoms with Crippen molar-refractivity contribution in [3.63, 3.8) is 0 Å². The predicted molar refractivity (Wildman–Crippen MR) is 77.0 cm³/mol. The highest BCUT2D eigenvalue weighted by molar-refractivity contribution is 5.85. The van der Waals surface area contributed by atoms with Crippen LogP contribution in [0.25, 0.3) is 11.1 Å². The van der Waals surface area contributed by atoms with Gasteiger partial charge in [-0.1, -0.05) is 12.1 Å². The summed E-state index contributed by atoms with van der Waals surface area (Å²) in [6.45, 7) is 1.97. The van der Waals surface area contributed by atoms with E-state index in [1.165, 1.54) is 12.1 Å². The van der Waals surface area contributed by atoms with Gasteiger partial charge in [0.25, 0.3) is 0 Å². The number of rotatable bonds is 3. The number of benzene rings is 2. The largest absolute Gasteiger partial charge is 0.439 e. The number of hydrogen-bond acceptors (Lipinski definition) is 3. The Balaban J connectivity index is 1.83. The van der Waals surface area contributed by atoms with Gasteiger partial charge in [-0.3, -0.25) is 0 Å². The van der Waals surface area contributed by atoms with Crippen molar-refractivity contribution < 1.29 is 8.81 Å². The van der Waals surface area contributed by atoms with E-state index in [1.807, 2.05) is 25.1 Å². The van der Waals surface area contributed by atoms with Crippen LogP contribution in [0.1, 0.15) is 17.0 Å². The second kappa shape index (κ2) is 4.96. The summed E-state index contributed by atoms with van der Waals surface area (Å²) in [4.78, 5) is 4.43. The summed E-state index contributed by atoms with van der Waals surface area (Å²) < 4.78 is 18.8. The molecule has 2 aromatic carbocycles. The first-order chi connectivity index (χ1) is 9.61. The van der Waals surface area contributed by atoms with Gasteiger partial charge in [0, 0.05) is 6.42 Å². The lowest BCUT2D eigenvalue weighted by Crippen LogP contribution is -1.91. The van der Waals surface area contributed by atoms with Crippen molar-refractivity contribution in [2.45, 2.75) is 19.8 Å². The van der Waals surface area contributed by atoms with Gasteiger partial charge in [0.05, 0.1) is 5.69 Å². The normalized spacial score (nSPS) is 11.1. The Bertz CT molecular complexity index is 764. The van der Waals surface area contributed by atoms with Crippen molar-refractivity contribution in [3.05, 3.63) is 59.2 Å².